The summed E-state index contributed by atoms with van der Waals surface area (Å²) in [4.78, 5) is 6.36. The Morgan fingerprint density at radius 1 is 1.50 bits per heavy atom. The molecule has 1 aromatic heterocycles. The van der Waals surface area contributed by atoms with E-state index in [0.29, 0.717) is 0 Å². The van der Waals surface area contributed by atoms with E-state index < -0.39 is 0 Å². The Labute approximate surface area is 47.4 Å². The zero-order valence-electron chi connectivity index (χ0n) is 4.89. The Morgan fingerprint density at radius 3 is 2.25 bits per heavy atom. The minimum absolute atomic E-state index is 0.000000000000000222. The third-order valence-electron chi connectivity index (χ3n) is 1.12. The summed E-state index contributed by atoms with van der Waals surface area (Å²) in [5.41, 5.74) is 1.77. The normalized spacial score (nSPS) is 9.75. The summed E-state index contributed by atoms with van der Waals surface area (Å²) in [6.45, 7) is 3.70. The summed E-state index contributed by atoms with van der Waals surface area (Å²) >= 11 is 0. The first-order chi connectivity index (χ1) is 3.70. The number of nitrogens with zero attached hydrogens (tertiary/aromatic N) is 1. The maximum atomic E-state index is 8.67. The van der Waals surface area contributed by atoms with Crippen LogP contribution in [0.5, 0.6) is 6.01 Å². The van der Waals surface area contributed by atoms with Crippen LogP contribution in [0.2, 0.25) is 0 Å². The van der Waals surface area contributed by atoms with Crippen molar-refractivity contribution in [1.29, 1.82) is 0 Å². The van der Waals surface area contributed by atoms with Gasteiger partial charge in [0.15, 0.2) is 0 Å². The maximum Gasteiger partial charge on any atom is 0.291 e. The summed E-state index contributed by atoms with van der Waals surface area (Å²) in [6.07, 6.45) is 0. The first-order valence-electron chi connectivity index (χ1n) is 2.42. The molecule has 0 saturated carbocycles. The Kier molecular flexibility index (Phi) is 0.970. The van der Waals surface area contributed by atoms with Crippen molar-refractivity contribution < 1.29 is 5.11 Å². The first kappa shape index (κ1) is 5.15. The van der Waals surface area contributed by atoms with Gasteiger partial charge in [-0.2, -0.15) is 0 Å². The van der Waals surface area contributed by atoms with E-state index in [9.17, 15) is 0 Å². The molecule has 0 amide bonds. The fourth-order valence-electron chi connectivity index (χ4n) is 0.529. The average molecular weight is 112 g/mol. The number of nitrogens with one attached hydrogen (secondary N) is 1. The van der Waals surface area contributed by atoms with Gasteiger partial charge in [0.1, 0.15) is 0 Å². The van der Waals surface area contributed by atoms with E-state index in [0.717, 1.165) is 11.4 Å². The van der Waals surface area contributed by atoms with E-state index in [-0.39, 0.29) is 6.01 Å². The number of aromatic nitrogens is 2. The highest BCUT2D eigenvalue weighted by atomic mass is 16.3. The molecule has 3 heteroatoms. The van der Waals surface area contributed by atoms with Crippen LogP contribution in [0.1, 0.15) is 11.4 Å². The molecule has 0 radical (unpaired) electrons. The molecule has 0 aliphatic heterocycles. The van der Waals surface area contributed by atoms with Crippen LogP contribution < -0.4 is 0 Å². The number of hydrogen-bond acceptors (Lipinski definition) is 2. The van der Waals surface area contributed by atoms with E-state index in [2.05, 4.69) is 9.97 Å². The van der Waals surface area contributed by atoms with Crippen LogP contribution in [0, 0.1) is 13.8 Å². The Hall–Kier alpha value is -0.990. The number of imidazole rings is 1. The van der Waals surface area contributed by atoms with Crippen molar-refractivity contribution in [2.75, 3.05) is 0 Å². The van der Waals surface area contributed by atoms with Gasteiger partial charge < -0.3 is 10.1 Å². The molecule has 0 bridgehead atoms. The number of rotatable bonds is 0. The van der Waals surface area contributed by atoms with E-state index in [1.54, 1.807) is 0 Å². The molecule has 0 aromatic carbocycles. The van der Waals surface area contributed by atoms with Crippen molar-refractivity contribution in [2.24, 2.45) is 0 Å². The lowest BCUT2D eigenvalue weighted by Crippen LogP contribution is -1.71. The van der Waals surface area contributed by atoms with E-state index >= 15 is 0 Å². The fraction of sp³-hybridized carbons (Fsp3) is 0.400. The monoisotopic (exact) mass is 112 g/mol. The molecular formula is C5H8N2O. The molecule has 0 saturated heterocycles. The molecule has 0 unspecified atom stereocenters. The number of aromatic hydroxyl groups is 1. The van der Waals surface area contributed by atoms with E-state index in [1.165, 1.54) is 0 Å². The van der Waals surface area contributed by atoms with Crippen molar-refractivity contribution in [3.05, 3.63) is 11.4 Å². The van der Waals surface area contributed by atoms with E-state index in [4.69, 9.17) is 5.11 Å². The number of aromatic amines is 1. The van der Waals surface area contributed by atoms with Gasteiger partial charge in [0.05, 0.1) is 5.69 Å². The van der Waals surface area contributed by atoms with Crippen LogP contribution in [0.3, 0.4) is 0 Å². The maximum absolute atomic E-state index is 8.67. The van der Waals surface area contributed by atoms with Crippen molar-refractivity contribution >= 4 is 0 Å². The fourth-order valence-corrected chi connectivity index (χ4v) is 0.529. The third kappa shape index (κ3) is 0.665. The number of aryl methyl sites for hydroxylation is 2. The van der Waals surface area contributed by atoms with Crippen molar-refractivity contribution in [3.8, 4) is 6.01 Å². The van der Waals surface area contributed by atoms with Gasteiger partial charge in [-0.25, -0.2) is 4.98 Å². The van der Waals surface area contributed by atoms with Gasteiger partial charge >= 0.3 is 0 Å². The largest absolute Gasteiger partial charge is 0.480 e. The lowest BCUT2D eigenvalue weighted by Gasteiger charge is -1.78. The summed E-state index contributed by atoms with van der Waals surface area (Å²) in [7, 11) is 0. The van der Waals surface area contributed by atoms with E-state index in [1.807, 2.05) is 13.8 Å². The van der Waals surface area contributed by atoms with Crippen LogP contribution in [0.4, 0.5) is 0 Å². The van der Waals surface area contributed by atoms with Crippen LogP contribution in [-0.2, 0) is 0 Å². The molecular weight excluding hydrogens is 104 g/mol. The van der Waals surface area contributed by atoms with Gasteiger partial charge in [-0.05, 0) is 13.8 Å². The lowest BCUT2D eigenvalue weighted by molar-refractivity contribution is 0.435. The Bertz CT molecular complexity index is 173. The molecule has 2 N–H and O–H groups in total. The van der Waals surface area contributed by atoms with Crippen molar-refractivity contribution in [3.63, 3.8) is 0 Å². The molecule has 8 heavy (non-hydrogen) atoms. The number of hydrogen-bond donors (Lipinski definition) is 2. The van der Waals surface area contributed by atoms with Crippen molar-refractivity contribution in [1.82, 2.24) is 9.97 Å². The van der Waals surface area contributed by atoms with Crippen molar-refractivity contribution in [2.45, 2.75) is 13.8 Å². The topological polar surface area (TPSA) is 48.9 Å². The summed E-state index contributed by atoms with van der Waals surface area (Å²) < 4.78 is 0. The summed E-state index contributed by atoms with van der Waals surface area (Å²) in [5.74, 6) is 0. The standard InChI is InChI=1S/C5H8N2O/c1-3-4(2)7-5(8)6-3/h1-2H3,(H2,6,7,8). The molecule has 44 valence electrons. The molecule has 3 nitrogen and oxygen atoms in total. The molecule has 0 aliphatic carbocycles. The Morgan fingerprint density at radius 2 is 2.12 bits per heavy atom. The molecule has 1 heterocycles. The molecule has 1 rings (SSSR count). The lowest BCUT2D eigenvalue weighted by atomic mass is 10.4. The van der Waals surface area contributed by atoms with Gasteiger partial charge in [-0.15, -0.1) is 0 Å². The highest BCUT2D eigenvalue weighted by Crippen LogP contribution is 2.05. The van der Waals surface area contributed by atoms with Crippen LogP contribution in [-0.4, -0.2) is 15.1 Å². The highest BCUT2D eigenvalue weighted by Gasteiger charge is 1.96. The second-order valence-electron chi connectivity index (χ2n) is 1.77. The molecule has 1 aromatic rings. The van der Waals surface area contributed by atoms with Crippen LogP contribution in [0.25, 0.3) is 0 Å². The molecule has 0 aliphatic rings. The van der Waals surface area contributed by atoms with Gasteiger partial charge in [0, 0.05) is 5.69 Å². The summed E-state index contributed by atoms with van der Waals surface area (Å²) in [6, 6.07) is 0.000000000000000222. The van der Waals surface area contributed by atoms with Gasteiger partial charge in [-0.3, -0.25) is 0 Å². The highest BCUT2D eigenvalue weighted by molar-refractivity contribution is 5.12. The summed E-state index contributed by atoms with van der Waals surface area (Å²) in [5, 5.41) is 8.67. The third-order valence-corrected chi connectivity index (χ3v) is 1.12. The Balaban J connectivity index is 3.14. The quantitative estimate of drug-likeness (QED) is 0.519. The SMILES string of the molecule is Cc1nc(O)[nH]c1C. The van der Waals surface area contributed by atoms with Crippen LogP contribution in [0.15, 0.2) is 0 Å². The van der Waals surface area contributed by atoms with Gasteiger partial charge in [-0.1, -0.05) is 0 Å². The predicted molar refractivity (Wildman–Crippen MR) is 29.7 cm³/mol. The van der Waals surface area contributed by atoms with Crippen LogP contribution >= 0.6 is 0 Å². The minimum Gasteiger partial charge on any atom is -0.480 e. The average Bonchev–Trinajstić information content (AvgIpc) is 1.85. The van der Waals surface area contributed by atoms with Gasteiger partial charge in [0.2, 0.25) is 0 Å². The number of H-pyrrole nitrogens is 1. The van der Waals surface area contributed by atoms with Gasteiger partial charge in [0.25, 0.3) is 6.01 Å². The zero-order chi connectivity index (χ0) is 6.15. The molecule has 0 atom stereocenters. The molecule has 0 spiro atoms. The molecule has 0 fully saturated rings. The zero-order valence-corrected chi connectivity index (χ0v) is 4.89. The minimum atomic E-state index is 0.000000000000000222. The smallest absolute Gasteiger partial charge is 0.291 e. The second kappa shape index (κ2) is 1.51. The predicted octanol–water partition coefficient (Wildman–Crippen LogP) is 0.732. The second-order valence-corrected chi connectivity index (χ2v) is 1.77. The first-order valence-corrected chi connectivity index (χ1v) is 2.42.